The van der Waals surface area contributed by atoms with Crippen LogP contribution in [0.1, 0.15) is 69.6 Å². The van der Waals surface area contributed by atoms with E-state index >= 15 is 0 Å². The third-order valence-corrected chi connectivity index (χ3v) is 13.8. The second-order valence-corrected chi connectivity index (χ2v) is 18.5. The lowest BCUT2D eigenvalue weighted by Gasteiger charge is -2.19. The fraction of sp³-hybridized carbons (Fsp3) is 0.679. The topological polar surface area (TPSA) is 343 Å². The third-order valence-electron chi connectivity index (χ3n) is 8.53. The number of phosphoric ester groups is 1. The van der Waals surface area contributed by atoms with Crippen LogP contribution in [0, 0.1) is 0 Å². The highest BCUT2D eigenvalue weighted by atomic mass is 32.2. The monoisotopic (exact) mass is 862 g/mol. The summed E-state index contributed by atoms with van der Waals surface area (Å²) in [6.45, 7) is -0.388. The Bertz CT molecular complexity index is 1820. The van der Waals surface area contributed by atoms with Gasteiger partial charge in [0.1, 0.15) is 12.3 Å². The fourth-order valence-electron chi connectivity index (χ4n) is 5.97. The van der Waals surface area contributed by atoms with Gasteiger partial charge < -0.3 is 50.7 Å². The zero-order valence-corrected chi connectivity index (χ0v) is 32.7. The van der Waals surface area contributed by atoms with Crippen LogP contribution in [0.3, 0.4) is 0 Å². The molecule has 55 heavy (non-hydrogen) atoms. The summed E-state index contributed by atoms with van der Waals surface area (Å²) in [5.74, 6) is 0.653. The van der Waals surface area contributed by atoms with E-state index in [2.05, 4.69) is 39.4 Å². The summed E-state index contributed by atoms with van der Waals surface area (Å²) in [5, 5.41) is 22.2. The molecule has 0 radical (unpaired) electrons. The molecule has 4 amide bonds. The van der Waals surface area contributed by atoms with Crippen molar-refractivity contribution < 1.29 is 70.6 Å². The number of hydrogen-bond acceptors (Lipinski definition) is 14. The Balaban J connectivity index is 1.10. The van der Waals surface area contributed by atoms with Crippen molar-refractivity contribution in [3.8, 4) is 0 Å². The van der Waals surface area contributed by atoms with Crippen LogP contribution < -0.4 is 32.5 Å². The molecule has 3 aliphatic heterocycles. The molecule has 310 valence electrons. The average Bonchev–Trinajstić information content (AvgIpc) is 3.74. The molecule has 0 spiro atoms. The highest BCUT2D eigenvalue weighted by Crippen LogP contribution is 2.66. The number of fused-ring (bicyclic) bond motifs is 1. The summed E-state index contributed by atoms with van der Waals surface area (Å²) in [6, 6.07) is 0.235. The zero-order valence-electron chi connectivity index (χ0n) is 29.2. The fourth-order valence-corrected chi connectivity index (χ4v) is 10.5. The molecule has 8 unspecified atom stereocenters. The maximum Gasteiger partial charge on any atom is 0.490 e. The molecule has 3 aliphatic rings. The van der Waals surface area contributed by atoms with Crippen molar-refractivity contribution in [1.29, 1.82) is 0 Å². The van der Waals surface area contributed by atoms with Gasteiger partial charge in [-0.05, 0) is 25.7 Å². The SMILES string of the molecule is O=C(CCCCCNC(=O)CCCCC1SCC2NC(=O)NC21)NC/C=C/c1cn(C2CC(O)C(COP(=O)(O)OP(=O)(O)OP(=O)(O)O)O2)c(=O)[nH]c1=O. The van der Waals surface area contributed by atoms with E-state index in [1.807, 2.05) is 11.8 Å². The van der Waals surface area contributed by atoms with E-state index in [0.717, 1.165) is 42.2 Å². The number of carbonyl (C=O) groups excluding carboxylic acids is 3. The summed E-state index contributed by atoms with van der Waals surface area (Å²) in [5.41, 5.74) is -1.71. The van der Waals surface area contributed by atoms with Crippen molar-refractivity contribution >= 4 is 59.2 Å². The minimum Gasteiger partial charge on any atom is -0.390 e. The highest BCUT2D eigenvalue weighted by Gasteiger charge is 2.44. The number of urea groups is 1. The number of phosphoric acid groups is 3. The van der Waals surface area contributed by atoms with Gasteiger partial charge in [-0.2, -0.15) is 20.4 Å². The minimum atomic E-state index is -5.76. The molecule has 0 aliphatic carbocycles. The molecule has 0 saturated carbocycles. The average molecular weight is 863 g/mol. The summed E-state index contributed by atoms with van der Waals surface area (Å²) < 4.78 is 52.4. The molecule has 23 nitrogen and oxygen atoms in total. The van der Waals surface area contributed by atoms with Crippen molar-refractivity contribution in [2.75, 3.05) is 25.4 Å². The smallest absolute Gasteiger partial charge is 0.390 e. The summed E-state index contributed by atoms with van der Waals surface area (Å²) in [6.07, 6.45) is 4.94. The van der Waals surface area contributed by atoms with Crippen LogP contribution in [-0.2, 0) is 41.2 Å². The first kappa shape index (κ1) is 45.0. The number of hydrogen-bond donors (Lipinski definition) is 10. The number of aromatic amines is 1. The van der Waals surface area contributed by atoms with Gasteiger partial charge >= 0.3 is 35.2 Å². The first-order valence-corrected chi connectivity index (χ1v) is 22.7. The van der Waals surface area contributed by atoms with Gasteiger partial charge in [0, 0.05) is 49.6 Å². The molecule has 3 fully saturated rings. The number of amides is 4. The second kappa shape index (κ2) is 20.1. The van der Waals surface area contributed by atoms with Crippen molar-refractivity contribution in [2.45, 2.75) is 93.6 Å². The van der Waals surface area contributed by atoms with Gasteiger partial charge in [0.2, 0.25) is 11.8 Å². The number of H-pyrrole nitrogens is 1. The van der Waals surface area contributed by atoms with Crippen LogP contribution in [0.2, 0.25) is 0 Å². The van der Waals surface area contributed by atoms with E-state index in [1.165, 1.54) is 12.2 Å². The number of aromatic nitrogens is 2. The molecule has 1 aromatic rings. The molecule has 1 aromatic heterocycles. The van der Waals surface area contributed by atoms with Crippen LogP contribution >= 0.6 is 35.2 Å². The maximum absolute atomic E-state index is 12.5. The first-order valence-electron chi connectivity index (χ1n) is 17.2. The highest BCUT2D eigenvalue weighted by molar-refractivity contribution is 8.00. The molecule has 3 saturated heterocycles. The molecular formula is C28H45N6O17P3S. The van der Waals surface area contributed by atoms with Crippen LogP contribution in [0.4, 0.5) is 4.79 Å². The minimum absolute atomic E-state index is 0.0169. The van der Waals surface area contributed by atoms with E-state index < -0.39 is 59.8 Å². The molecule has 27 heteroatoms. The van der Waals surface area contributed by atoms with Crippen molar-refractivity contribution in [1.82, 2.24) is 30.8 Å². The number of aliphatic hydroxyl groups is 1. The summed E-state index contributed by atoms with van der Waals surface area (Å²) >= 11 is 1.85. The van der Waals surface area contributed by atoms with Crippen molar-refractivity contribution in [3.63, 3.8) is 0 Å². The van der Waals surface area contributed by atoms with E-state index in [4.69, 9.17) is 14.5 Å². The zero-order chi connectivity index (χ0) is 40.4. The Hall–Kier alpha value is -2.69. The Morgan fingerprint density at radius 3 is 2.40 bits per heavy atom. The number of carbonyl (C=O) groups is 3. The lowest BCUT2D eigenvalue weighted by Crippen LogP contribution is -2.36. The van der Waals surface area contributed by atoms with Crippen molar-refractivity contribution in [2.24, 2.45) is 0 Å². The summed E-state index contributed by atoms with van der Waals surface area (Å²) in [4.78, 5) is 99.0. The number of nitrogens with one attached hydrogen (secondary N) is 5. The molecule has 0 bridgehead atoms. The van der Waals surface area contributed by atoms with E-state index in [0.29, 0.717) is 31.1 Å². The van der Waals surface area contributed by atoms with Gasteiger partial charge in [0.25, 0.3) is 5.56 Å². The number of unbranched alkanes of at least 4 members (excludes halogenated alkanes) is 3. The van der Waals surface area contributed by atoms with Gasteiger partial charge in [0.15, 0.2) is 0 Å². The summed E-state index contributed by atoms with van der Waals surface area (Å²) in [7, 11) is -16.8. The van der Waals surface area contributed by atoms with Gasteiger partial charge in [-0.1, -0.05) is 25.0 Å². The predicted octanol–water partition coefficient (Wildman–Crippen LogP) is 0.0601. The van der Waals surface area contributed by atoms with E-state index in [-0.39, 0.29) is 54.9 Å². The molecule has 4 rings (SSSR count). The Kier molecular flexibility index (Phi) is 16.5. The molecular weight excluding hydrogens is 817 g/mol. The molecule has 4 heterocycles. The van der Waals surface area contributed by atoms with Gasteiger partial charge in [-0.15, -0.1) is 0 Å². The second-order valence-electron chi connectivity index (χ2n) is 12.8. The van der Waals surface area contributed by atoms with Gasteiger partial charge in [0.05, 0.1) is 30.4 Å². The van der Waals surface area contributed by atoms with Gasteiger partial charge in [-0.3, -0.25) is 28.5 Å². The van der Waals surface area contributed by atoms with E-state index in [1.54, 1.807) is 0 Å². The lowest BCUT2D eigenvalue weighted by atomic mass is 10.0. The van der Waals surface area contributed by atoms with E-state index in [9.17, 15) is 52.6 Å². The largest absolute Gasteiger partial charge is 0.490 e. The van der Waals surface area contributed by atoms with Crippen LogP contribution in [0.25, 0.3) is 6.08 Å². The van der Waals surface area contributed by atoms with Crippen LogP contribution in [-0.4, -0.2) is 107 Å². The number of rotatable bonds is 22. The molecule has 8 atom stereocenters. The third kappa shape index (κ3) is 15.0. The quantitative estimate of drug-likeness (QED) is 0.0418. The number of aliphatic hydroxyl groups excluding tert-OH is 1. The first-order chi connectivity index (χ1) is 25.8. The lowest BCUT2D eigenvalue weighted by molar-refractivity contribution is -0.122. The van der Waals surface area contributed by atoms with Crippen LogP contribution in [0.5, 0.6) is 0 Å². The Morgan fingerprint density at radius 2 is 1.67 bits per heavy atom. The maximum atomic E-state index is 12.5. The normalized spacial score (nSPS) is 25.9. The Morgan fingerprint density at radius 1 is 0.964 bits per heavy atom. The standard InChI is InChI=1S/C28H45N6O17P3S/c35-19-13-24(49-20(19)15-48-53(44,45)51-54(46,47)50-52(41,42)43)34-14-17(26(38)33-28(34)40)7-6-12-30-22(36)9-2-1-5-11-29-23(37)10-4-3-8-21-25-18(16-55-21)31-27(39)32-25/h6-7,14,18-21,24-25,35H,1-5,8-13,15-16H2,(H,29,37)(H,30,36)(H,44,45)(H,46,47)(H2,31,32,39)(H,33,38,40)(H2,41,42,43)/b7-6+. The molecule has 0 aromatic carbocycles. The Labute approximate surface area is 317 Å². The number of thioether (sulfide) groups is 1. The number of ether oxygens (including phenoxy) is 1. The number of nitrogens with zero attached hydrogens (tertiary/aromatic N) is 1. The molecule has 10 N–H and O–H groups in total. The van der Waals surface area contributed by atoms with Gasteiger partial charge in [-0.25, -0.2) is 23.3 Å². The van der Waals surface area contributed by atoms with Crippen LogP contribution in [0.15, 0.2) is 21.9 Å². The predicted molar refractivity (Wildman–Crippen MR) is 193 cm³/mol. The van der Waals surface area contributed by atoms with Crippen molar-refractivity contribution in [3.05, 3.63) is 38.7 Å².